The van der Waals surface area contributed by atoms with Crippen LogP contribution in [0.5, 0.6) is 0 Å². The summed E-state index contributed by atoms with van der Waals surface area (Å²) in [6, 6.07) is 13.6. The number of hydrogen-bond donors (Lipinski definition) is 1. The molecule has 0 saturated carbocycles. The molecule has 0 atom stereocenters. The molecular formula is C80H93F8NSi4. The first kappa shape index (κ1) is 71.0. The van der Waals surface area contributed by atoms with Crippen molar-refractivity contribution in [3.05, 3.63) is 117 Å². The Bertz CT molecular complexity index is 4430. The summed E-state index contributed by atoms with van der Waals surface area (Å²) in [5.74, 6) is 1.40. The summed E-state index contributed by atoms with van der Waals surface area (Å²) in [6.07, 6.45) is 0. The average molecular weight is 1330 g/mol. The van der Waals surface area contributed by atoms with Gasteiger partial charge in [-0.3, -0.25) is 0 Å². The number of hydrogen-bond acceptors (Lipinski definition) is 0. The topological polar surface area (TPSA) is 15.8 Å². The lowest BCUT2D eigenvalue weighted by atomic mass is 9.85. The van der Waals surface area contributed by atoms with E-state index in [2.05, 4.69) is 217 Å². The molecule has 0 spiro atoms. The molecule has 0 radical (unpaired) electrons. The van der Waals surface area contributed by atoms with Crippen LogP contribution < -0.4 is 0 Å². The fraction of sp³-hybridized carbons (Fsp3) is 0.450. The third kappa shape index (κ3) is 10.8. The van der Waals surface area contributed by atoms with Crippen molar-refractivity contribution in [1.29, 1.82) is 0 Å². The first-order valence-corrected chi connectivity index (χ1v) is 42.6. The lowest BCUT2D eigenvalue weighted by Gasteiger charge is -2.38. The van der Waals surface area contributed by atoms with Crippen molar-refractivity contribution in [2.24, 2.45) is 0 Å². The molecule has 1 aromatic heterocycles. The summed E-state index contributed by atoms with van der Waals surface area (Å²) in [5.41, 5.74) is 21.2. The highest BCUT2D eigenvalue weighted by atomic mass is 28.3. The molecule has 0 aliphatic carbocycles. The number of nitrogens with one attached hydrogen (secondary N) is 1. The van der Waals surface area contributed by atoms with Crippen LogP contribution in [0.3, 0.4) is 0 Å². The molecule has 0 aliphatic rings. The van der Waals surface area contributed by atoms with Crippen molar-refractivity contribution in [1.82, 2.24) is 4.98 Å². The Balaban J connectivity index is 1.74. The molecule has 0 saturated heterocycles. The van der Waals surface area contributed by atoms with Crippen molar-refractivity contribution < 1.29 is 35.1 Å². The van der Waals surface area contributed by atoms with E-state index in [1.165, 1.54) is 24.3 Å². The number of rotatable bonds is 12. The Morgan fingerprint density at radius 3 is 0.634 bits per heavy atom. The number of H-pyrrole nitrogens is 1. The highest BCUT2D eigenvalue weighted by Gasteiger charge is 2.45. The van der Waals surface area contributed by atoms with E-state index in [0.29, 0.717) is 87.1 Å². The SMILES string of the molecule is CC(C)[Si](C#Cc1c2cc3c(F)c(F)c(F)c(F)c3cc2c(C#C[Si](C(C)C)(C(C)C)C(C)C)c2c1ccc1[nH]c3ccc4c(C#C[Si](C(C)C)(C(C)C)C(C)C)c5cc6c(F)c(F)c(F)c(F)c6cc5c(C#C[Si](C(C)C)(C(C)C)C(C)C)c4c3c12)(C(C)C)C(C)C. The van der Waals surface area contributed by atoms with E-state index >= 15 is 35.1 Å². The number of aromatic nitrogens is 1. The molecule has 0 bridgehead atoms. The number of benzene rings is 8. The summed E-state index contributed by atoms with van der Waals surface area (Å²) >= 11 is 0. The van der Waals surface area contributed by atoms with Crippen LogP contribution in [-0.4, -0.2) is 37.3 Å². The highest BCUT2D eigenvalue weighted by molar-refractivity contribution is 6.92. The van der Waals surface area contributed by atoms with Gasteiger partial charge in [0.15, 0.2) is 46.5 Å². The van der Waals surface area contributed by atoms with Crippen molar-refractivity contribution in [2.45, 2.75) is 233 Å². The second kappa shape index (κ2) is 25.7. The second-order valence-corrected chi connectivity index (χ2v) is 52.8. The quantitative estimate of drug-likeness (QED) is 0.0313. The Morgan fingerprint density at radius 2 is 0.430 bits per heavy atom. The first-order chi connectivity index (χ1) is 43.4. The smallest absolute Gasteiger partial charge is 0.198 e. The molecule has 1 N–H and O–H groups in total. The maximum Gasteiger partial charge on any atom is 0.198 e. The third-order valence-corrected chi connectivity index (χ3v) is 47.7. The van der Waals surface area contributed by atoms with Crippen LogP contribution in [0.4, 0.5) is 35.1 Å². The van der Waals surface area contributed by atoms with Crippen molar-refractivity contribution in [3.63, 3.8) is 0 Å². The Morgan fingerprint density at radius 1 is 0.237 bits per heavy atom. The van der Waals surface area contributed by atoms with E-state index in [0.717, 1.165) is 0 Å². The fourth-order valence-corrected chi connectivity index (χ4v) is 39.0. The standard InChI is InChI=1S/C80H93F8NSi4/c1-41(2)90(42(3)4,43(5)6)33-29-53-55-25-27-67-71(69(55)57(31-35-92(47(13)14,48(15)16)49(17)18)61-39-65-63(37-59(53)61)73(81)77(85)79(87)75(65)83)72-68(89-67)28-26-56-54(30-34-91(44(7)8,45(9)10)46(11)12)60-38-64-66(76(84)80(88)78(86)74(64)82)40-62(60)58(70(56)72)32-36-93(50(19)20,51(21)22)52(23)24/h25-28,37-52,89H,1-24H3. The maximum absolute atomic E-state index is 16.8. The number of halogens is 8. The molecule has 1 heterocycles. The summed E-state index contributed by atoms with van der Waals surface area (Å²) in [5, 5.41) is 3.63. The van der Waals surface area contributed by atoms with Gasteiger partial charge in [-0.05, 0) is 135 Å². The molecule has 0 unspecified atom stereocenters. The van der Waals surface area contributed by atoms with Gasteiger partial charge in [0, 0.05) is 76.4 Å². The van der Waals surface area contributed by atoms with Crippen LogP contribution in [0.15, 0.2) is 48.5 Å². The molecule has 0 aliphatic heterocycles. The van der Waals surface area contributed by atoms with Crippen LogP contribution in [-0.2, 0) is 0 Å². The molecule has 9 aromatic rings. The monoisotopic (exact) mass is 1330 g/mol. The molecule has 1 nitrogen and oxygen atoms in total. The minimum atomic E-state index is -2.68. The van der Waals surface area contributed by atoms with E-state index in [9.17, 15) is 0 Å². The van der Waals surface area contributed by atoms with Crippen LogP contribution in [0, 0.1) is 92.4 Å². The summed E-state index contributed by atoms with van der Waals surface area (Å²) in [6.45, 7) is 53.1. The van der Waals surface area contributed by atoms with Gasteiger partial charge in [-0.15, -0.1) is 22.2 Å². The van der Waals surface area contributed by atoms with Gasteiger partial charge in [-0.1, -0.05) is 202 Å². The largest absolute Gasteiger partial charge is 0.354 e. The predicted octanol–water partition coefficient (Wildman–Crippen LogP) is 25.6. The van der Waals surface area contributed by atoms with Crippen molar-refractivity contribution in [2.75, 3.05) is 0 Å². The van der Waals surface area contributed by atoms with Gasteiger partial charge in [0.25, 0.3) is 0 Å². The van der Waals surface area contributed by atoms with Crippen molar-refractivity contribution >= 4 is 119 Å². The second-order valence-electron chi connectivity index (χ2n) is 30.4. The summed E-state index contributed by atoms with van der Waals surface area (Å²) in [4.78, 5) is 3.79. The van der Waals surface area contributed by atoms with Gasteiger partial charge in [0.2, 0.25) is 0 Å². The average Bonchev–Trinajstić information content (AvgIpc) is 1.68. The van der Waals surface area contributed by atoms with Gasteiger partial charge in [-0.2, -0.15) is 0 Å². The van der Waals surface area contributed by atoms with Crippen molar-refractivity contribution in [3.8, 4) is 45.9 Å². The first-order valence-electron chi connectivity index (χ1n) is 33.7. The van der Waals surface area contributed by atoms with Gasteiger partial charge in [0.1, 0.15) is 32.3 Å². The normalized spacial score (nSPS) is 13.1. The summed E-state index contributed by atoms with van der Waals surface area (Å²) < 4.78 is 130. The minimum absolute atomic E-state index is 0.158. The van der Waals surface area contributed by atoms with Crippen LogP contribution in [0.2, 0.25) is 66.5 Å². The zero-order valence-electron chi connectivity index (χ0n) is 59.1. The summed E-state index contributed by atoms with van der Waals surface area (Å²) in [7, 11) is -10.6. The molecule has 13 heteroatoms. The van der Waals surface area contributed by atoms with E-state index in [4.69, 9.17) is 0 Å². The van der Waals surface area contributed by atoms with E-state index in [1.807, 2.05) is 24.3 Å². The van der Waals surface area contributed by atoms with Gasteiger partial charge >= 0.3 is 0 Å². The van der Waals surface area contributed by atoms with Gasteiger partial charge in [0.05, 0.1) is 0 Å². The van der Waals surface area contributed by atoms with E-state index in [-0.39, 0.29) is 66.5 Å². The molecule has 9 rings (SSSR count). The molecule has 0 fully saturated rings. The van der Waals surface area contributed by atoms with Crippen LogP contribution in [0.25, 0.3) is 86.4 Å². The Labute approximate surface area is 551 Å². The van der Waals surface area contributed by atoms with E-state index in [1.54, 1.807) is 0 Å². The lowest BCUT2D eigenvalue weighted by Crippen LogP contribution is -2.43. The molecule has 0 amide bonds. The number of fused-ring (bicyclic) bond motifs is 11. The molecule has 8 aromatic carbocycles. The van der Waals surface area contributed by atoms with Crippen LogP contribution in [0.1, 0.15) is 188 Å². The maximum atomic E-state index is 16.8. The zero-order chi connectivity index (χ0) is 69.1. The Hall–Kier alpha value is -6.33. The van der Waals surface area contributed by atoms with Crippen LogP contribution >= 0.6 is 0 Å². The molecular weight excluding hydrogens is 1240 g/mol. The highest BCUT2D eigenvalue weighted by Crippen LogP contribution is 2.50. The van der Waals surface area contributed by atoms with E-state index < -0.39 is 100 Å². The molecule has 93 heavy (non-hydrogen) atoms. The zero-order valence-corrected chi connectivity index (χ0v) is 63.1. The minimum Gasteiger partial charge on any atom is -0.354 e. The lowest BCUT2D eigenvalue weighted by molar-refractivity contribution is 0.418. The van der Waals surface area contributed by atoms with Gasteiger partial charge < -0.3 is 4.98 Å². The fourth-order valence-electron chi connectivity index (χ4n) is 18.1. The molecule has 490 valence electrons. The Kier molecular flexibility index (Phi) is 19.6. The van der Waals surface area contributed by atoms with Gasteiger partial charge in [-0.25, -0.2) is 35.1 Å². The predicted molar refractivity (Wildman–Crippen MR) is 392 cm³/mol. The number of aromatic amines is 1. The third-order valence-electron chi connectivity index (χ3n) is 22.5.